The number of nitrogens with one attached hydrogen (secondary N) is 1. The molecule has 2 aromatic carbocycles. The van der Waals surface area contributed by atoms with Crippen LogP contribution >= 0.6 is 0 Å². The molecule has 0 saturated carbocycles. The van der Waals surface area contributed by atoms with Crippen molar-refractivity contribution < 1.29 is 4.39 Å². The van der Waals surface area contributed by atoms with Crippen LogP contribution in [0.3, 0.4) is 0 Å². The van der Waals surface area contributed by atoms with Gasteiger partial charge in [0.2, 0.25) is 0 Å². The molecule has 3 nitrogen and oxygen atoms in total. The number of hydrogen-bond acceptors (Lipinski definition) is 3. The minimum absolute atomic E-state index is 0.0351. The lowest BCUT2D eigenvalue weighted by Gasteiger charge is -2.09. The molecule has 0 atom stereocenters. The molecule has 0 spiro atoms. The Morgan fingerprint density at radius 2 is 1.71 bits per heavy atom. The summed E-state index contributed by atoms with van der Waals surface area (Å²) in [6.45, 7) is 0. The van der Waals surface area contributed by atoms with E-state index in [-0.39, 0.29) is 11.3 Å². The maximum Gasteiger partial charge on any atom is 0.132 e. The first-order valence-corrected chi connectivity index (χ1v) is 5.08. The highest BCUT2D eigenvalue weighted by atomic mass is 19.1. The van der Waals surface area contributed by atoms with Gasteiger partial charge in [-0.05, 0) is 30.3 Å². The number of halogens is 1. The topological polar surface area (TPSA) is 75.9 Å². The van der Waals surface area contributed by atoms with Crippen molar-refractivity contribution in [2.45, 2.75) is 0 Å². The number of anilines is 2. The highest BCUT2D eigenvalue weighted by Gasteiger charge is 2.12. The van der Waals surface area contributed by atoms with Gasteiger partial charge in [0.15, 0.2) is 0 Å². The predicted molar refractivity (Wildman–Crippen MR) is 67.6 cm³/mol. The molecule has 0 radical (unpaired) electrons. The molecule has 0 fully saturated rings. The van der Waals surface area contributed by atoms with Crippen molar-refractivity contribution in [3.05, 3.63) is 59.4 Å². The molecule has 17 heavy (non-hydrogen) atoms. The fraction of sp³-hybridized carbons (Fsp3) is 0. The number of hydrogen-bond donors (Lipinski definition) is 3. The van der Waals surface area contributed by atoms with Crippen molar-refractivity contribution in [3.8, 4) is 0 Å². The van der Waals surface area contributed by atoms with Crippen LogP contribution in [0.1, 0.15) is 11.1 Å². The zero-order chi connectivity index (χ0) is 12.4. The van der Waals surface area contributed by atoms with E-state index in [4.69, 9.17) is 16.9 Å². The van der Waals surface area contributed by atoms with E-state index in [0.29, 0.717) is 16.9 Å². The van der Waals surface area contributed by atoms with Gasteiger partial charge in [-0.2, -0.15) is 0 Å². The molecule has 0 aromatic heterocycles. The maximum absolute atomic E-state index is 13.5. The second kappa shape index (κ2) is 4.25. The monoisotopic (exact) mass is 229 g/mol. The van der Waals surface area contributed by atoms with Gasteiger partial charge in [0.1, 0.15) is 5.82 Å². The SMILES string of the molecule is N=C(c1cc(N)ccc1N)c1ccccc1F. The lowest BCUT2D eigenvalue weighted by Crippen LogP contribution is -2.08. The van der Waals surface area contributed by atoms with Crippen LogP contribution in [-0.4, -0.2) is 5.71 Å². The zero-order valence-corrected chi connectivity index (χ0v) is 9.07. The van der Waals surface area contributed by atoms with Crippen molar-refractivity contribution in [2.75, 3.05) is 11.5 Å². The third-order valence-corrected chi connectivity index (χ3v) is 2.49. The van der Waals surface area contributed by atoms with Gasteiger partial charge in [-0.1, -0.05) is 12.1 Å². The molecule has 0 aliphatic carbocycles. The van der Waals surface area contributed by atoms with E-state index in [9.17, 15) is 4.39 Å². The minimum atomic E-state index is -0.445. The van der Waals surface area contributed by atoms with Crippen LogP contribution in [0.5, 0.6) is 0 Å². The van der Waals surface area contributed by atoms with E-state index in [1.165, 1.54) is 6.07 Å². The second-order valence-corrected chi connectivity index (χ2v) is 3.70. The second-order valence-electron chi connectivity index (χ2n) is 3.70. The van der Waals surface area contributed by atoms with Gasteiger partial charge in [-0.15, -0.1) is 0 Å². The lowest BCUT2D eigenvalue weighted by molar-refractivity contribution is 0.625. The van der Waals surface area contributed by atoms with Gasteiger partial charge in [0.05, 0.1) is 5.71 Å². The van der Waals surface area contributed by atoms with E-state index in [1.54, 1.807) is 36.4 Å². The van der Waals surface area contributed by atoms with Gasteiger partial charge < -0.3 is 11.5 Å². The Balaban J connectivity index is 2.51. The molecule has 0 saturated heterocycles. The van der Waals surface area contributed by atoms with Gasteiger partial charge in [0.25, 0.3) is 0 Å². The maximum atomic E-state index is 13.5. The van der Waals surface area contributed by atoms with Gasteiger partial charge in [0, 0.05) is 22.5 Å². The summed E-state index contributed by atoms with van der Waals surface area (Å²) in [6.07, 6.45) is 0. The molecule has 2 aromatic rings. The third kappa shape index (κ3) is 2.10. The first-order chi connectivity index (χ1) is 8.09. The third-order valence-electron chi connectivity index (χ3n) is 2.49. The molecule has 0 unspecified atom stereocenters. The van der Waals surface area contributed by atoms with Crippen molar-refractivity contribution in [2.24, 2.45) is 0 Å². The summed E-state index contributed by atoms with van der Waals surface area (Å²) in [5.74, 6) is -0.445. The normalized spacial score (nSPS) is 10.2. The van der Waals surface area contributed by atoms with E-state index >= 15 is 0 Å². The fourth-order valence-electron chi connectivity index (χ4n) is 1.60. The summed E-state index contributed by atoms with van der Waals surface area (Å²) in [6, 6.07) is 10.9. The average molecular weight is 229 g/mol. The number of rotatable bonds is 2. The quantitative estimate of drug-likeness (QED) is 0.546. The van der Waals surface area contributed by atoms with Crippen LogP contribution in [0.25, 0.3) is 0 Å². The predicted octanol–water partition coefficient (Wildman–Crippen LogP) is 2.41. The van der Waals surface area contributed by atoms with E-state index in [0.717, 1.165) is 0 Å². The van der Waals surface area contributed by atoms with Gasteiger partial charge in [-0.25, -0.2) is 4.39 Å². The van der Waals surface area contributed by atoms with Gasteiger partial charge >= 0.3 is 0 Å². The van der Waals surface area contributed by atoms with Crippen LogP contribution < -0.4 is 11.5 Å². The van der Waals surface area contributed by atoms with Crippen LogP contribution in [-0.2, 0) is 0 Å². The highest BCUT2D eigenvalue weighted by molar-refractivity contribution is 6.14. The molecule has 5 N–H and O–H groups in total. The summed E-state index contributed by atoms with van der Waals surface area (Å²) in [5, 5.41) is 7.97. The van der Waals surface area contributed by atoms with Gasteiger partial charge in [-0.3, -0.25) is 5.41 Å². The largest absolute Gasteiger partial charge is 0.399 e. The smallest absolute Gasteiger partial charge is 0.132 e. The van der Waals surface area contributed by atoms with Crippen molar-refractivity contribution in [3.63, 3.8) is 0 Å². The first-order valence-electron chi connectivity index (χ1n) is 5.08. The Hall–Kier alpha value is -2.36. The molecular formula is C13H12FN3. The molecule has 0 amide bonds. The van der Waals surface area contributed by atoms with Crippen LogP contribution in [0, 0.1) is 11.2 Å². The Morgan fingerprint density at radius 1 is 1.00 bits per heavy atom. The molecule has 0 aliphatic rings. The van der Waals surface area contributed by atoms with Crippen LogP contribution in [0.2, 0.25) is 0 Å². The number of benzene rings is 2. The summed E-state index contributed by atoms with van der Waals surface area (Å²) in [4.78, 5) is 0. The minimum Gasteiger partial charge on any atom is -0.399 e. The Labute approximate surface area is 98.4 Å². The van der Waals surface area contributed by atoms with Crippen LogP contribution in [0.4, 0.5) is 15.8 Å². The standard InChI is InChI=1S/C13H12FN3/c14-11-4-2-1-3-9(11)13(17)10-7-8(15)5-6-12(10)16/h1-7,17H,15-16H2. The number of nitrogens with two attached hydrogens (primary N) is 2. The highest BCUT2D eigenvalue weighted by Crippen LogP contribution is 2.20. The molecule has 2 rings (SSSR count). The number of nitrogen functional groups attached to an aromatic ring is 2. The van der Waals surface area contributed by atoms with Crippen molar-refractivity contribution in [1.29, 1.82) is 5.41 Å². The molecule has 86 valence electrons. The molecule has 4 heteroatoms. The fourth-order valence-corrected chi connectivity index (χ4v) is 1.60. The van der Waals surface area contributed by atoms with Crippen molar-refractivity contribution >= 4 is 17.1 Å². The molecular weight excluding hydrogens is 217 g/mol. The Kier molecular flexibility index (Phi) is 2.78. The lowest BCUT2D eigenvalue weighted by atomic mass is 10.00. The Morgan fingerprint density at radius 3 is 2.41 bits per heavy atom. The molecule has 0 aliphatic heterocycles. The summed E-state index contributed by atoms with van der Waals surface area (Å²) < 4.78 is 13.5. The van der Waals surface area contributed by atoms with E-state index < -0.39 is 5.82 Å². The van der Waals surface area contributed by atoms with E-state index in [1.807, 2.05) is 0 Å². The summed E-state index contributed by atoms with van der Waals surface area (Å²) in [7, 11) is 0. The average Bonchev–Trinajstić information content (AvgIpc) is 2.32. The Bertz CT molecular complexity index is 579. The van der Waals surface area contributed by atoms with Crippen LogP contribution in [0.15, 0.2) is 42.5 Å². The molecule has 0 bridgehead atoms. The summed E-state index contributed by atoms with van der Waals surface area (Å²) >= 11 is 0. The van der Waals surface area contributed by atoms with E-state index in [2.05, 4.69) is 0 Å². The zero-order valence-electron chi connectivity index (χ0n) is 9.07. The molecule has 0 heterocycles. The summed E-state index contributed by atoms with van der Waals surface area (Å²) in [5.41, 5.74) is 13.0. The first kappa shape index (κ1) is 11.1. The van der Waals surface area contributed by atoms with Crippen molar-refractivity contribution in [1.82, 2.24) is 0 Å².